The number of unbranched alkanes of at least 4 members (excludes halogenated alkanes) is 3. The lowest BCUT2D eigenvalue weighted by molar-refractivity contribution is 0.0963. The maximum Gasteiger partial charge on any atom is 0.263 e. The summed E-state index contributed by atoms with van der Waals surface area (Å²) in [4.78, 5) is 12.4. The van der Waals surface area contributed by atoms with Gasteiger partial charge in [0.25, 0.3) is 5.91 Å². The minimum Gasteiger partial charge on any atom is -0.397 e. The molecule has 0 aliphatic carbocycles. The summed E-state index contributed by atoms with van der Waals surface area (Å²) in [7, 11) is 0. The molecule has 4 nitrogen and oxygen atoms in total. The lowest BCUT2D eigenvalue weighted by Gasteiger charge is -2.02. The molecule has 1 aromatic rings. The quantitative estimate of drug-likeness (QED) is 0.481. The highest BCUT2D eigenvalue weighted by Crippen LogP contribution is 2.29. The summed E-state index contributed by atoms with van der Waals surface area (Å²) in [6.45, 7) is 7.14. The maximum atomic E-state index is 11.8. The molecule has 1 aromatic heterocycles. The second kappa shape index (κ2) is 8.58. The Morgan fingerprint density at radius 1 is 1.47 bits per heavy atom. The van der Waals surface area contributed by atoms with Gasteiger partial charge < -0.3 is 16.4 Å². The van der Waals surface area contributed by atoms with Crippen molar-refractivity contribution in [1.29, 1.82) is 0 Å². The standard InChI is InChI=1S/C14H23N3OS/c1-3-5-6-7-9-16-12-10-11(15)13(19-12)14(18)17-8-4-2/h4,10,16H,2-3,5-9,15H2,1H3,(H,17,18). The van der Waals surface area contributed by atoms with E-state index >= 15 is 0 Å². The number of amides is 1. The smallest absolute Gasteiger partial charge is 0.263 e. The Bertz CT molecular complexity index is 415. The first kappa shape index (κ1) is 15.6. The van der Waals surface area contributed by atoms with E-state index in [4.69, 9.17) is 5.73 Å². The van der Waals surface area contributed by atoms with Crippen molar-refractivity contribution >= 4 is 27.9 Å². The van der Waals surface area contributed by atoms with Crippen molar-refractivity contribution in [1.82, 2.24) is 5.32 Å². The highest BCUT2D eigenvalue weighted by molar-refractivity contribution is 7.18. The topological polar surface area (TPSA) is 67.2 Å². The molecular formula is C14H23N3OS. The average molecular weight is 281 g/mol. The number of carbonyl (C=O) groups excluding carboxylic acids is 1. The van der Waals surface area contributed by atoms with Crippen molar-refractivity contribution in [2.24, 2.45) is 0 Å². The molecule has 0 atom stereocenters. The molecule has 1 rings (SSSR count). The predicted molar refractivity (Wildman–Crippen MR) is 83.9 cm³/mol. The molecular weight excluding hydrogens is 258 g/mol. The summed E-state index contributed by atoms with van der Waals surface area (Å²) in [5, 5.41) is 7.00. The largest absolute Gasteiger partial charge is 0.397 e. The molecule has 0 radical (unpaired) electrons. The van der Waals surface area contributed by atoms with Crippen LogP contribution in [0.2, 0.25) is 0 Å². The molecule has 19 heavy (non-hydrogen) atoms. The molecule has 0 aliphatic heterocycles. The third-order valence-corrected chi connectivity index (χ3v) is 3.81. The number of carbonyl (C=O) groups is 1. The van der Waals surface area contributed by atoms with E-state index in [-0.39, 0.29) is 5.91 Å². The lowest BCUT2D eigenvalue weighted by atomic mass is 10.2. The van der Waals surface area contributed by atoms with E-state index in [0.29, 0.717) is 17.1 Å². The van der Waals surface area contributed by atoms with Crippen molar-refractivity contribution in [2.75, 3.05) is 24.1 Å². The molecule has 0 bridgehead atoms. The van der Waals surface area contributed by atoms with Gasteiger partial charge in [-0.3, -0.25) is 4.79 Å². The molecule has 0 saturated carbocycles. The summed E-state index contributed by atoms with van der Waals surface area (Å²) < 4.78 is 0. The number of hydrogen-bond acceptors (Lipinski definition) is 4. The van der Waals surface area contributed by atoms with Gasteiger partial charge in [0.1, 0.15) is 4.88 Å². The Morgan fingerprint density at radius 3 is 2.95 bits per heavy atom. The number of nitrogens with one attached hydrogen (secondary N) is 2. The first-order chi connectivity index (χ1) is 9.19. The van der Waals surface area contributed by atoms with Gasteiger partial charge in [0.2, 0.25) is 0 Å². The normalized spacial score (nSPS) is 10.2. The monoisotopic (exact) mass is 281 g/mol. The van der Waals surface area contributed by atoms with Crippen LogP contribution in [0.1, 0.15) is 42.3 Å². The number of nitrogen functional groups attached to an aromatic ring is 1. The van der Waals surface area contributed by atoms with Crippen LogP contribution in [0, 0.1) is 0 Å². The van der Waals surface area contributed by atoms with Crippen molar-refractivity contribution in [3.63, 3.8) is 0 Å². The van der Waals surface area contributed by atoms with Crippen LogP contribution in [0.4, 0.5) is 10.7 Å². The Morgan fingerprint density at radius 2 is 2.26 bits per heavy atom. The fourth-order valence-corrected chi connectivity index (χ4v) is 2.60. The van der Waals surface area contributed by atoms with Crippen LogP contribution in [-0.4, -0.2) is 19.0 Å². The first-order valence-electron chi connectivity index (χ1n) is 6.71. The fraction of sp³-hybridized carbons (Fsp3) is 0.500. The number of nitrogens with two attached hydrogens (primary N) is 1. The molecule has 4 N–H and O–H groups in total. The summed E-state index contributed by atoms with van der Waals surface area (Å²) in [5.74, 6) is -0.138. The zero-order valence-corrected chi connectivity index (χ0v) is 12.3. The van der Waals surface area contributed by atoms with Crippen LogP contribution in [-0.2, 0) is 0 Å². The summed E-state index contributed by atoms with van der Waals surface area (Å²) >= 11 is 1.40. The van der Waals surface area contributed by atoms with E-state index in [1.165, 1.54) is 30.6 Å². The fourth-order valence-electron chi connectivity index (χ4n) is 1.68. The molecule has 0 fully saturated rings. The average Bonchev–Trinajstić information content (AvgIpc) is 2.77. The third kappa shape index (κ3) is 5.34. The molecule has 0 aromatic carbocycles. The Balaban J connectivity index is 2.44. The zero-order valence-electron chi connectivity index (χ0n) is 11.5. The van der Waals surface area contributed by atoms with Crippen LogP contribution >= 0.6 is 11.3 Å². The predicted octanol–water partition coefficient (Wildman–Crippen LogP) is 3.24. The van der Waals surface area contributed by atoms with Crippen molar-refractivity contribution in [3.8, 4) is 0 Å². The second-order valence-corrected chi connectivity index (χ2v) is 5.43. The van der Waals surface area contributed by atoms with Gasteiger partial charge >= 0.3 is 0 Å². The van der Waals surface area contributed by atoms with Crippen LogP contribution < -0.4 is 16.4 Å². The van der Waals surface area contributed by atoms with Crippen molar-refractivity contribution in [3.05, 3.63) is 23.6 Å². The van der Waals surface area contributed by atoms with Gasteiger partial charge in [-0.25, -0.2) is 0 Å². The van der Waals surface area contributed by atoms with Gasteiger partial charge in [-0.05, 0) is 12.5 Å². The van der Waals surface area contributed by atoms with Gasteiger partial charge in [-0.2, -0.15) is 0 Å². The van der Waals surface area contributed by atoms with Gasteiger partial charge in [-0.15, -0.1) is 17.9 Å². The summed E-state index contributed by atoms with van der Waals surface area (Å²) in [5.41, 5.74) is 6.38. The molecule has 0 unspecified atom stereocenters. The minimum absolute atomic E-state index is 0.138. The van der Waals surface area contributed by atoms with E-state index in [1.807, 2.05) is 6.07 Å². The zero-order chi connectivity index (χ0) is 14.1. The SMILES string of the molecule is C=CCNC(=O)c1sc(NCCCCCC)cc1N. The van der Waals surface area contributed by atoms with Crippen molar-refractivity contribution < 1.29 is 4.79 Å². The number of anilines is 2. The Kier molecular flexibility index (Phi) is 7.03. The van der Waals surface area contributed by atoms with Crippen LogP contribution in [0.5, 0.6) is 0 Å². The van der Waals surface area contributed by atoms with E-state index in [9.17, 15) is 4.79 Å². The van der Waals surface area contributed by atoms with Gasteiger partial charge in [-0.1, -0.05) is 32.3 Å². The van der Waals surface area contributed by atoms with Gasteiger partial charge in [0.05, 0.1) is 10.7 Å². The highest BCUT2D eigenvalue weighted by Gasteiger charge is 2.13. The minimum atomic E-state index is -0.138. The number of hydrogen-bond donors (Lipinski definition) is 3. The summed E-state index contributed by atoms with van der Waals surface area (Å²) in [6.07, 6.45) is 6.53. The van der Waals surface area contributed by atoms with E-state index < -0.39 is 0 Å². The van der Waals surface area contributed by atoms with E-state index in [2.05, 4.69) is 24.1 Å². The lowest BCUT2D eigenvalue weighted by Crippen LogP contribution is -2.22. The number of rotatable bonds is 9. The molecule has 0 saturated heterocycles. The third-order valence-electron chi connectivity index (χ3n) is 2.70. The maximum absolute atomic E-state index is 11.8. The Hall–Kier alpha value is -1.49. The van der Waals surface area contributed by atoms with Gasteiger partial charge in [0.15, 0.2) is 0 Å². The highest BCUT2D eigenvalue weighted by atomic mass is 32.1. The molecule has 0 aliphatic rings. The molecule has 1 amide bonds. The van der Waals surface area contributed by atoms with Crippen LogP contribution in [0.25, 0.3) is 0 Å². The van der Waals surface area contributed by atoms with E-state index in [1.54, 1.807) is 6.08 Å². The number of thiophene rings is 1. The molecule has 106 valence electrons. The first-order valence-corrected chi connectivity index (χ1v) is 7.53. The van der Waals surface area contributed by atoms with E-state index in [0.717, 1.165) is 18.0 Å². The molecule has 1 heterocycles. The molecule has 0 spiro atoms. The van der Waals surface area contributed by atoms with Crippen LogP contribution in [0.15, 0.2) is 18.7 Å². The van der Waals surface area contributed by atoms with Crippen molar-refractivity contribution in [2.45, 2.75) is 32.6 Å². The van der Waals surface area contributed by atoms with Crippen LogP contribution in [0.3, 0.4) is 0 Å². The Labute approximate surface area is 119 Å². The summed E-state index contributed by atoms with van der Waals surface area (Å²) in [6, 6.07) is 1.83. The van der Waals surface area contributed by atoms with Gasteiger partial charge in [0, 0.05) is 13.1 Å². The second-order valence-electron chi connectivity index (χ2n) is 4.38. The molecule has 5 heteroatoms.